The number of nitrogens with one attached hydrogen (secondary N) is 1. The standard InChI is InChI=1S/C18H24ClN3O.ClH/c1-13(20-2)11-16-21-17(23-22-16)18(9-4-3-5-10-18)14-7-6-8-15(19)12-14;/h6-8,12-13,20H,3-5,9-11H2,1-2H3;1H. The zero-order valence-electron chi connectivity index (χ0n) is 14.2. The van der Waals surface area contributed by atoms with Crippen LogP contribution in [0.25, 0.3) is 0 Å². The molecule has 1 N–H and O–H groups in total. The van der Waals surface area contributed by atoms with E-state index in [4.69, 9.17) is 21.1 Å². The summed E-state index contributed by atoms with van der Waals surface area (Å²) in [4.78, 5) is 4.74. The van der Waals surface area contributed by atoms with Crippen LogP contribution in [0.5, 0.6) is 0 Å². The van der Waals surface area contributed by atoms with Crippen molar-refractivity contribution in [2.75, 3.05) is 7.05 Å². The molecule has 0 amide bonds. The van der Waals surface area contributed by atoms with E-state index >= 15 is 0 Å². The highest BCUT2D eigenvalue weighted by Gasteiger charge is 2.41. The fourth-order valence-corrected chi connectivity index (χ4v) is 3.66. The first-order valence-corrected chi connectivity index (χ1v) is 8.78. The number of halogens is 2. The second-order valence-electron chi connectivity index (χ2n) is 6.56. The normalized spacial score (nSPS) is 18.0. The molecule has 4 nitrogen and oxygen atoms in total. The number of aromatic nitrogens is 2. The van der Waals surface area contributed by atoms with E-state index in [1.807, 2.05) is 25.2 Å². The Morgan fingerprint density at radius 2 is 2.04 bits per heavy atom. The molecule has 0 spiro atoms. The molecule has 132 valence electrons. The van der Waals surface area contributed by atoms with Gasteiger partial charge in [0.05, 0.1) is 5.41 Å². The van der Waals surface area contributed by atoms with Gasteiger partial charge in [-0.2, -0.15) is 4.98 Å². The first kappa shape index (κ1) is 19.2. The Hall–Kier alpha value is -1.10. The van der Waals surface area contributed by atoms with Crippen molar-refractivity contribution >= 4 is 24.0 Å². The molecular formula is C18H25Cl2N3O. The minimum atomic E-state index is -0.183. The van der Waals surface area contributed by atoms with Crippen LogP contribution in [0.15, 0.2) is 28.8 Å². The third-order valence-corrected chi connectivity index (χ3v) is 5.18. The number of likely N-dealkylation sites (N-methyl/N-ethyl adjacent to an activating group) is 1. The molecule has 2 aromatic rings. The van der Waals surface area contributed by atoms with Crippen molar-refractivity contribution in [2.45, 2.75) is 56.9 Å². The van der Waals surface area contributed by atoms with Gasteiger partial charge in [-0.15, -0.1) is 12.4 Å². The maximum atomic E-state index is 6.23. The van der Waals surface area contributed by atoms with Crippen molar-refractivity contribution < 1.29 is 4.52 Å². The van der Waals surface area contributed by atoms with Gasteiger partial charge in [-0.05, 0) is 44.5 Å². The predicted molar refractivity (Wildman–Crippen MR) is 99.1 cm³/mol. The van der Waals surface area contributed by atoms with E-state index < -0.39 is 0 Å². The van der Waals surface area contributed by atoms with Crippen molar-refractivity contribution in [1.82, 2.24) is 15.5 Å². The van der Waals surface area contributed by atoms with Crippen molar-refractivity contribution in [3.8, 4) is 0 Å². The molecule has 1 unspecified atom stereocenters. The van der Waals surface area contributed by atoms with E-state index in [9.17, 15) is 0 Å². The summed E-state index contributed by atoms with van der Waals surface area (Å²) in [6.45, 7) is 2.11. The molecule has 1 heterocycles. The SMILES string of the molecule is CNC(C)Cc1noc(C2(c3cccc(Cl)c3)CCCCC2)n1.Cl. The minimum Gasteiger partial charge on any atom is -0.338 e. The minimum absolute atomic E-state index is 0. The molecule has 3 rings (SSSR count). The molecule has 1 aromatic carbocycles. The van der Waals surface area contributed by atoms with Gasteiger partial charge in [-0.25, -0.2) is 0 Å². The van der Waals surface area contributed by atoms with Gasteiger partial charge in [-0.1, -0.05) is 48.2 Å². The average Bonchev–Trinajstić information content (AvgIpc) is 3.04. The smallest absolute Gasteiger partial charge is 0.237 e. The highest BCUT2D eigenvalue weighted by molar-refractivity contribution is 6.30. The van der Waals surface area contributed by atoms with E-state index in [0.717, 1.165) is 36.0 Å². The quantitative estimate of drug-likeness (QED) is 0.839. The first-order chi connectivity index (χ1) is 11.1. The Balaban J connectivity index is 0.00000208. The molecule has 0 saturated heterocycles. The lowest BCUT2D eigenvalue weighted by molar-refractivity contribution is 0.250. The number of rotatable bonds is 5. The second kappa shape index (κ2) is 8.32. The Bertz CT molecular complexity index is 653. The van der Waals surface area contributed by atoms with E-state index in [2.05, 4.69) is 23.5 Å². The molecule has 0 aliphatic heterocycles. The van der Waals surface area contributed by atoms with Gasteiger partial charge in [0.2, 0.25) is 5.89 Å². The Labute approximate surface area is 154 Å². The van der Waals surface area contributed by atoms with Crippen LogP contribution in [-0.4, -0.2) is 23.2 Å². The highest BCUT2D eigenvalue weighted by atomic mass is 35.5. The molecule has 1 aliphatic carbocycles. The molecule has 1 fully saturated rings. The number of hydrogen-bond donors (Lipinski definition) is 1. The van der Waals surface area contributed by atoms with E-state index in [0.29, 0.717) is 6.04 Å². The predicted octanol–water partition coefficient (Wildman–Crippen LogP) is 4.55. The zero-order chi connectivity index (χ0) is 16.3. The van der Waals surface area contributed by atoms with E-state index in [1.165, 1.54) is 24.8 Å². The van der Waals surface area contributed by atoms with Gasteiger partial charge >= 0.3 is 0 Å². The maximum Gasteiger partial charge on any atom is 0.237 e. The third kappa shape index (κ3) is 3.93. The van der Waals surface area contributed by atoms with Gasteiger partial charge in [0.15, 0.2) is 5.82 Å². The van der Waals surface area contributed by atoms with Gasteiger partial charge in [0.1, 0.15) is 0 Å². The van der Waals surface area contributed by atoms with E-state index in [-0.39, 0.29) is 17.8 Å². The Kier molecular flexibility index (Phi) is 6.67. The lowest BCUT2D eigenvalue weighted by atomic mass is 9.69. The molecule has 1 aromatic heterocycles. The zero-order valence-corrected chi connectivity index (χ0v) is 15.8. The highest BCUT2D eigenvalue weighted by Crippen LogP contribution is 2.44. The summed E-state index contributed by atoms with van der Waals surface area (Å²) in [5, 5.41) is 8.19. The van der Waals surface area contributed by atoms with Gasteiger partial charge in [0.25, 0.3) is 0 Å². The molecule has 1 saturated carbocycles. The molecule has 24 heavy (non-hydrogen) atoms. The van der Waals surface area contributed by atoms with Crippen molar-refractivity contribution in [1.29, 1.82) is 0 Å². The molecule has 1 atom stereocenters. The van der Waals surface area contributed by atoms with Gasteiger partial charge in [-0.3, -0.25) is 0 Å². The topological polar surface area (TPSA) is 51.0 Å². The summed E-state index contributed by atoms with van der Waals surface area (Å²) in [5.74, 6) is 1.52. The monoisotopic (exact) mass is 369 g/mol. The van der Waals surface area contributed by atoms with E-state index in [1.54, 1.807) is 0 Å². The van der Waals surface area contributed by atoms with Crippen LogP contribution >= 0.6 is 24.0 Å². The van der Waals surface area contributed by atoms with Crippen LogP contribution in [0.4, 0.5) is 0 Å². The van der Waals surface area contributed by atoms with Crippen LogP contribution < -0.4 is 5.32 Å². The van der Waals surface area contributed by atoms with Crippen molar-refractivity contribution in [3.63, 3.8) is 0 Å². The summed E-state index contributed by atoms with van der Waals surface area (Å²) in [5.41, 5.74) is 1.01. The van der Waals surface area contributed by atoms with Crippen LogP contribution in [-0.2, 0) is 11.8 Å². The second-order valence-corrected chi connectivity index (χ2v) is 7.00. The third-order valence-electron chi connectivity index (χ3n) is 4.94. The number of nitrogens with zero attached hydrogens (tertiary/aromatic N) is 2. The van der Waals surface area contributed by atoms with Crippen molar-refractivity contribution in [3.05, 3.63) is 46.6 Å². The summed E-state index contributed by atoms with van der Waals surface area (Å²) in [7, 11) is 1.94. The average molecular weight is 370 g/mol. The molecule has 0 radical (unpaired) electrons. The lowest BCUT2D eigenvalue weighted by Gasteiger charge is -2.34. The summed E-state index contributed by atoms with van der Waals surface area (Å²) < 4.78 is 5.72. The molecule has 6 heteroatoms. The first-order valence-electron chi connectivity index (χ1n) is 8.40. The van der Waals surface area contributed by atoms with Gasteiger partial charge < -0.3 is 9.84 Å². The summed E-state index contributed by atoms with van der Waals surface area (Å²) in [6, 6.07) is 8.43. The van der Waals surface area contributed by atoms with Gasteiger partial charge in [0, 0.05) is 17.5 Å². The van der Waals surface area contributed by atoms with Crippen LogP contribution in [0.2, 0.25) is 5.02 Å². The van der Waals surface area contributed by atoms with Crippen LogP contribution in [0.1, 0.15) is 56.3 Å². The fourth-order valence-electron chi connectivity index (χ4n) is 3.47. The number of benzene rings is 1. The van der Waals surface area contributed by atoms with Crippen LogP contribution in [0.3, 0.4) is 0 Å². The van der Waals surface area contributed by atoms with Crippen molar-refractivity contribution in [2.24, 2.45) is 0 Å². The Morgan fingerprint density at radius 3 is 2.71 bits per heavy atom. The maximum absolute atomic E-state index is 6.23. The summed E-state index contributed by atoms with van der Waals surface area (Å²) >= 11 is 6.23. The lowest BCUT2D eigenvalue weighted by Crippen LogP contribution is -2.31. The molecular weight excluding hydrogens is 345 g/mol. The number of hydrogen-bond acceptors (Lipinski definition) is 4. The summed E-state index contributed by atoms with van der Waals surface area (Å²) in [6.07, 6.45) is 6.47. The fraction of sp³-hybridized carbons (Fsp3) is 0.556. The largest absolute Gasteiger partial charge is 0.338 e. The Morgan fingerprint density at radius 1 is 1.29 bits per heavy atom. The molecule has 0 bridgehead atoms. The van der Waals surface area contributed by atoms with Crippen LogP contribution in [0, 0.1) is 0 Å². The molecule has 1 aliphatic rings.